The van der Waals surface area contributed by atoms with Crippen molar-refractivity contribution < 1.29 is 14.6 Å². The summed E-state index contributed by atoms with van der Waals surface area (Å²) in [5, 5.41) is 12.8. The molecule has 1 aliphatic carbocycles. The van der Waals surface area contributed by atoms with Crippen molar-refractivity contribution >= 4 is 5.91 Å². The molecule has 1 saturated carbocycles. The van der Waals surface area contributed by atoms with Crippen LogP contribution in [0.4, 0.5) is 0 Å². The van der Waals surface area contributed by atoms with Gasteiger partial charge in [0.05, 0.1) is 12.7 Å². The van der Waals surface area contributed by atoms with E-state index in [1.54, 1.807) is 18.2 Å². The van der Waals surface area contributed by atoms with Crippen LogP contribution in [0.1, 0.15) is 36.5 Å². The van der Waals surface area contributed by atoms with E-state index in [2.05, 4.69) is 12.2 Å². The SMILES string of the molecule is COc1cccc(C(=O)NCC2CCCC2C)c1O. The molecule has 2 unspecified atom stereocenters. The van der Waals surface area contributed by atoms with Crippen LogP contribution in [0.5, 0.6) is 11.5 Å². The first-order chi connectivity index (χ1) is 9.13. The number of methoxy groups -OCH3 is 1. The minimum Gasteiger partial charge on any atom is -0.504 e. The molecule has 2 rings (SSSR count). The Morgan fingerprint density at radius 3 is 2.89 bits per heavy atom. The molecule has 0 aromatic heterocycles. The Morgan fingerprint density at radius 2 is 2.26 bits per heavy atom. The summed E-state index contributed by atoms with van der Waals surface area (Å²) in [6.07, 6.45) is 3.66. The van der Waals surface area contributed by atoms with Gasteiger partial charge < -0.3 is 15.2 Å². The molecule has 2 N–H and O–H groups in total. The molecule has 0 spiro atoms. The highest BCUT2D eigenvalue weighted by molar-refractivity contribution is 5.97. The van der Waals surface area contributed by atoms with Crippen LogP contribution in [-0.2, 0) is 0 Å². The largest absolute Gasteiger partial charge is 0.504 e. The quantitative estimate of drug-likeness (QED) is 0.877. The van der Waals surface area contributed by atoms with Crippen molar-refractivity contribution in [2.24, 2.45) is 11.8 Å². The van der Waals surface area contributed by atoms with Crippen LogP contribution < -0.4 is 10.1 Å². The predicted octanol–water partition coefficient (Wildman–Crippen LogP) is 2.57. The van der Waals surface area contributed by atoms with Crippen LogP contribution in [-0.4, -0.2) is 24.7 Å². The van der Waals surface area contributed by atoms with Gasteiger partial charge in [-0.3, -0.25) is 4.79 Å². The lowest BCUT2D eigenvalue weighted by Gasteiger charge is -2.16. The summed E-state index contributed by atoms with van der Waals surface area (Å²) in [7, 11) is 1.47. The Bertz CT molecular complexity index is 459. The first-order valence-corrected chi connectivity index (χ1v) is 6.77. The van der Waals surface area contributed by atoms with Crippen molar-refractivity contribution in [3.8, 4) is 11.5 Å². The third kappa shape index (κ3) is 3.00. The normalized spacial score (nSPS) is 22.2. The van der Waals surface area contributed by atoms with Gasteiger partial charge in [-0.15, -0.1) is 0 Å². The lowest BCUT2D eigenvalue weighted by Crippen LogP contribution is -2.30. The van der Waals surface area contributed by atoms with Crippen LogP contribution in [0.15, 0.2) is 18.2 Å². The van der Waals surface area contributed by atoms with Gasteiger partial charge >= 0.3 is 0 Å². The number of benzene rings is 1. The Balaban J connectivity index is 2.00. The minimum atomic E-state index is -0.240. The van der Waals surface area contributed by atoms with E-state index in [1.165, 1.54) is 26.4 Å². The number of rotatable bonds is 4. The number of ether oxygens (including phenoxy) is 1. The van der Waals surface area contributed by atoms with E-state index < -0.39 is 0 Å². The molecule has 2 atom stereocenters. The zero-order chi connectivity index (χ0) is 13.8. The molecule has 1 fully saturated rings. The summed E-state index contributed by atoms with van der Waals surface area (Å²) < 4.78 is 5.00. The topological polar surface area (TPSA) is 58.6 Å². The van der Waals surface area contributed by atoms with Crippen molar-refractivity contribution in [1.29, 1.82) is 0 Å². The molecule has 1 aliphatic rings. The Kier molecular flexibility index (Phi) is 4.30. The van der Waals surface area contributed by atoms with Gasteiger partial charge in [-0.05, 0) is 30.4 Å². The molecule has 104 valence electrons. The number of phenolic OH excluding ortho intramolecular Hbond substituents is 1. The van der Waals surface area contributed by atoms with Gasteiger partial charge in [0.2, 0.25) is 0 Å². The maximum Gasteiger partial charge on any atom is 0.255 e. The van der Waals surface area contributed by atoms with Gasteiger partial charge in [0.1, 0.15) is 0 Å². The van der Waals surface area contributed by atoms with E-state index in [4.69, 9.17) is 4.74 Å². The van der Waals surface area contributed by atoms with Crippen molar-refractivity contribution in [2.75, 3.05) is 13.7 Å². The molecule has 0 radical (unpaired) electrons. The molecule has 0 saturated heterocycles. The lowest BCUT2D eigenvalue weighted by atomic mass is 9.98. The fourth-order valence-corrected chi connectivity index (χ4v) is 2.71. The number of aromatic hydroxyl groups is 1. The smallest absolute Gasteiger partial charge is 0.255 e. The number of carbonyl (C=O) groups is 1. The number of amides is 1. The highest BCUT2D eigenvalue weighted by atomic mass is 16.5. The van der Waals surface area contributed by atoms with Crippen molar-refractivity contribution in [3.63, 3.8) is 0 Å². The molecular formula is C15H21NO3. The van der Waals surface area contributed by atoms with E-state index in [0.29, 0.717) is 24.1 Å². The summed E-state index contributed by atoms with van der Waals surface area (Å²) in [5.41, 5.74) is 0.269. The number of nitrogens with one attached hydrogen (secondary N) is 1. The Hall–Kier alpha value is -1.71. The number of carbonyl (C=O) groups excluding carboxylic acids is 1. The van der Waals surface area contributed by atoms with Crippen LogP contribution in [0, 0.1) is 11.8 Å². The third-order valence-electron chi connectivity index (χ3n) is 4.03. The molecule has 1 aromatic carbocycles. The van der Waals surface area contributed by atoms with Gasteiger partial charge in [-0.1, -0.05) is 25.8 Å². The summed E-state index contributed by atoms with van der Waals surface area (Å²) in [6.45, 7) is 2.91. The summed E-state index contributed by atoms with van der Waals surface area (Å²) in [6, 6.07) is 4.93. The van der Waals surface area contributed by atoms with E-state index in [1.807, 2.05) is 0 Å². The molecule has 4 heteroatoms. The Labute approximate surface area is 113 Å². The summed E-state index contributed by atoms with van der Waals surface area (Å²) in [5.74, 6) is 1.20. The van der Waals surface area contributed by atoms with Gasteiger partial charge in [-0.25, -0.2) is 0 Å². The van der Waals surface area contributed by atoms with Crippen LogP contribution >= 0.6 is 0 Å². The van der Waals surface area contributed by atoms with Crippen LogP contribution in [0.3, 0.4) is 0 Å². The van der Waals surface area contributed by atoms with Gasteiger partial charge in [0.15, 0.2) is 11.5 Å². The molecular weight excluding hydrogens is 242 g/mol. The number of hydrogen-bond acceptors (Lipinski definition) is 3. The van der Waals surface area contributed by atoms with E-state index in [9.17, 15) is 9.90 Å². The molecule has 4 nitrogen and oxygen atoms in total. The zero-order valence-electron chi connectivity index (χ0n) is 11.5. The standard InChI is InChI=1S/C15H21NO3/c1-10-5-3-6-11(10)9-16-15(18)12-7-4-8-13(19-2)14(12)17/h4,7-8,10-11,17H,3,5-6,9H2,1-2H3,(H,16,18). The predicted molar refractivity (Wildman–Crippen MR) is 73.5 cm³/mol. The van der Waals surface area contributed by atoms with Gasteiger partial charge in [0.25, 0.3) is 5.91 Å². The molecule has 0 aliphatic heterocycles. The second kappa shape index (κ2) is 5.95. The van der Waals surface area contributed by atoms with Crippen LogP contribution in [0.2, 0.25) is 0 Å². The first kappa shape index (κ1) is 13.7. The molecule has 1 amide bonds. The maximum atomic E-state index is 12.1. The zero-order valence-corrected chi connectivity index (χ0v) is 11.5. The highest BCUT2D eigenvalue weighted by Gasteiger charge is 2.24. The van der Waals surface area contributed by atoms with Crippen molar-refractivity contribution in [3.05, 3.63) is 23.8 Å². The average molecular weight is 263 g/mol. The fourth-order valence-electron chi connectivity index (χ4n) is 2.71. The Morgan fingerprint density at radius 1 is 1.47 bits per heavy atom. The van der Waals surface area contributed by atoms with Crippen LogP contribution in [0.25, 0.3) is 0 Å². The number of hydrogen-bond donors (Lipinski definition) is 2. The summed E-state index contributed by atoms with van der Waals surface area (Å²) >= 11 is 0. The maximum absolute atomic E-state index is 12.1. The lowest BCUT2D eigenvalue weighted by molar-refractivity contribution is 0.0941. The van der Waals surface area contributed by atoms with Gasteiger partial charge in [0, 0.05) is 6.54 Å². The first-order valence-electron chi connectivity index (χ1n) is 6.77. The number of phenols is 1. The van der Waals surface area contributed by atoms with E-state index in [-0.39, 0.29) is 17.2 Å². The fraction of sp³-hybridized carbons (Fsp3) is 0.533. The monoisotopic (exact) mass is 263 g/mol. The van der Waals surface area contributed by atoms with E-state index in [0.717, 1.165) is 0 Å². The third-order valence-corrected chi connectivity index (χ3v) is 4.03. The second-order valence-electron chi connectivity index (χ2n) is 5.23. The van der Waals surface area contributed by atoms with Crippen molar-refractivity contribution in [2.45, 2.75) is 26.2 Å². The molecule has 1 aromatic rings. The second-order valence-corrected chi connectivity index (χ2v) is 5.23. The van der Waals surface area contributed by atoms with E-state index >= 15 is 0 Å². The number of para-hydroxylation sites is 1. The molecule has 0 bridgehead atoms. The minimum absolute atomic E-state index is 0.0954. The summed E-state index contributed by atoms with van der Waals surface area (Å²) in [4.78, 5) is 12.1. The highest BCUT2D eigenvalue weighted by Crippen LogP contribution is 2.31. The van der Waals surface area contributed by atoms with Crippen molar-refractivity contribution in [1.82, 2.24) is 5.32 Å². The molecule has 0 heterocycles. The van der Waals surface area contributed by atoms with Gasteiger partial charge in [-0.2, -0.15) is 0 Å². The average Bonchev–Trinajstić information content (AvgIpc) is 2.82. The molecule has 19 heavy (non-hydrogen) atoms.